The SMILES string of the molecule is CNC1(C(=O)OC)CCCC(Oc2ccc(F)c(C)c2)C1. The fraction of sp³-hybridized carbons (Fsp3) is 0.562. The summed E-state index contributed by atoms with van der Waals surface area (Å²) in [4.78, 5) is 12.0. The van der Waals surface area contributed by atoms with Crippen LogP contribution in [-0.4, -0.2) is 31.8 Å². The van der Waals surface area contributed by atoms with Crippen LogP contribution in [0.3, 0.4) is 0 Å². The van der Waals surface area contributed by atoms with E-state index in [1.165, 1.54) is 13.2 Å². The molecule has 0 aromatic heterocycles. The zero-order valence-electron chi connectivity index (χ0n) is 12.7. The number of nitrogens with one attached hydrogen (secondary N) is 1. The van der Waals surface area contributed by atoms with Gasteiger partial charge in [-0.05, 0) is 57.0 Å². The van der Waals surface area contributed by atoms with Crippen LogP contribution in [-0.2, 0) is 9.53 Å². The number of ether oxygens (including phenoxy) is 2. The van der Waals surface area contributed by atoms with Crippen LogP contribution in [0.5, 0.6) is 5.75 Å². The molecule has 1 aromatic rings. The van der Waals surface area contributed by atoms with Crippen molar-refractivity contribution in [2.75, 3.05) is 14.2 Å². The van der Waals surface area contributed by atoms with Gasteiger partial charge in [0.15, 0.2) is 0 Å². The third-order valence-electron chi connectivity index (χ3n) is 4.19. The number of hydrogen-bond acceptors (Lipinski definition) is 4. The Morgan fingerprint density at radius 2 is 2.24 bits per heavy atom. The van der Waals surface area contributed by atoms with Crippen molar-refractivity contribution in [1.29, 1.82) is 0 Å². The van der Waals surface area contributed by atoms with Gasteiger partial charge in [0, 0.05) is 6.42 Å². The summed E-state index contributed by atoms with van der Waals surface area (Å²) in [7, 11) is 3.16. The average molecular weight is 295 g/mol. The Morgan fingerprint density at radius 1 is 1.48 bits per heavy atom. The van der Waals surface area contributed by atoms with Gasteiger partial charge < -0.3 is 14.8 Å². The van der Waals surface area contributed by atoms with E-state index in [0.717, 1.165) is 19.3 Å². The quantitative estimate of drug-likeness (QED) is 0.867. The third kappa shape index (κ3) is 3.35. The van der Waals surface area contributed by atoms with Crippen molar-refractivity contribution in [3.05, 3.63) is 29.6 Å². The minimum absolute atomic E-state index is 0.0878. The van der Waals surface area contributed by atoms with E-state index in [0.29, 0.717) is 17.7 Å². The highest BCUT2D eigenvalue weighted by Gasteiger charge is 2.43. The average Bonchev–Trinajstić information content (AvgIpc) is 2.50. The van der Waals surface area contributed by atoms with Crippen molar-refractivity contribution in [2.24, 2.45) is 0 Å². The second kappa shape index (κ2) is 6.43. The maximum atomic E-state index is 13.3. The van der Waals surface area contributed by atoms with Crippen LogP contribution in [0.2, 0.25) is 0 Å². The summed E-state index contributed by atoms with van der Waals surface area (Å²) >= 11 is 0. The Morgan fingerprint density at radius 3 is 2.86 bits per heavy atom. The molecule has 2 unspecified atom stereocenters. The summed E-state index contributed by atoms with van der Waals surface area (Å²) < 4.78 is 24.1. The molecule has 0 spiro atoms. The summed E-state index contributed by atoms with van der Waals surface area (Å²) in [5.74, 6) is 0.134. The smallest absolute Gasteiger partial charge is 0.326 e. The van der Waals surface area contributed by atoms with Gasteiger partial charge in [0.05, 0.1) is 7.11 Å². The lowest BCUT2D eigenvalue weighted by Crippen LogP contribution is -2.55. The van der Waals surface area contributed by atoms with Crippen molar-refractivity contribution < 1.29 is 18.7 Å². The van der Waals surface area contributed by atoms with Crippen molar-refractivity contribution in [3.63, 3.8) is 0 Å². The van der Waals surface area contributed by atoms with E-state index < -0.39 is 5.54 Å². The third-order valence-corrected chi connectivity index (χ3v) is 4.19. The molecule has 0 bridgehead atoms. The summed E-state index contributed by atoms with van der Waals surface area (Å²) in [5.41, 5.74) is -0.136. The van der Waals surface area contributed by atoms with Crippen molar-refractivity contribution >= 4 is 5.97 Å². The maximum Gasteiger partial charge on any atom is 0.326 e. The van der Waals surface area contributed by atoms with Gasteiger partial charge in [-0.25, -0.2) is 4.39 Å². The van der Waals surface area contributed by atoms with Crippen molar-refractivity contribution in [2.45, 2.75) is 44.2 Å². The monoisotopic (exact) mass is 295 g/mol. The Balaban J connectivity index is 2.10. The molecular formula is C16H22FNO3. The standard InChI is InChI=1S/C16H22FNO3/c1-11-9-12(6-7-14(11)17)21-13-5-4-8-16(10-13,18-2)15(19)20-3/h6-7,9,13,18H,4-5,8,10H2,1-3H3. The Bertz CT molecular complexity index is 520. The first kappa shape index (κ1) is 15.8. The molecule has 0 aliphatic heterocycles. The van der Waals surface area contributed by atoms with Crippen LogP contribution in [0.4, 0.5) is 4.39 Å². The number of carbonyl (C=O) groups is 1. The Hall–Kier alpha value is -1.62. The lowest BCUT2D eigenvalue weighted by Gasteiger charge is -2.38. The number of methoxy groups -OCH3 is 1. The van der Waals surface area contributed by atoms with Crippen LogP contribution < -0.4 is 10.1 Å². The molecule has 2 rings (SSSR count). The molecule has 1 aliphatic carbocycles. The lowest BCUT2D eigenvalue weighted by molar-refractivity contribution is -0.151. The number of benzene rings is 1. The first-order valence-electron chi connectivity index (χ1n) is 7.21. The molecule has 0 heterocycles. The molecule has 2 atom stereocenters. The van der Waals surface area contributed by atoms with Crippen LogP contribution in [0.15, 0.2) is 18.2 Å². The molecule has 116 valence electrons. The molecule has 0 saturated heterocycles. The minimum atomic E-state index is -0.688. The van der Waals surface area contributed by atoms with Crippen LogP contribution in [0.25, 0.3) is 0 Å². The molecule has 1 N–H and O–H groups in total. The summed E-state index contributed by atoms with van der Waals surface area (Å²) in [6.07, 6.45) is 2.94. The molecule has 1 saturated carbocycles. The van der Waals surface area contributed by atoms with Gasteiger partial charge >= 0.3 is 5.97 Å². The molecule has 1 aromatic carbocycles. The number of aryl methyl sites for hydroxylation is 1. The molecule has 4 nitrogen and oxygen atoms in total. The second-order valence-electron chi connectivity index (χ2n) is 5.57. The fourth-order valence-electron chi connectivity index (χ4n) is 2.92. The molecule has 21 heavy (non-hydrogen) atoms. The number of halogens is 1. The van der Waals surface area contributed by atoms with Gasteiger partial charge in [0.25, 0.3) is 0 Å². The highest BCUT2D eigenvalue weighted by atomic mass is 19.1. The summed E-state index contributed by atoms with van der Waals surface area (Å²) in [6, 6.07) is 4.71. The molecular weight excluding hydrogens is 273 g/mol. The molecule has 1 aliphatic rings. The minimum Gasteiger partial charge on any atom is -0.490 e. The normalized spacial score (nSPS) is 25.4. The zero-order chi connectivity index (χ0) is 15.5. The molecule has 1 fully saturated rings. The first-order valence-corrected chi connectivity index (χ1v) is 7.21. The van der Waals surface area contributed by atoms with Crippen molar-refractivity contribution in [1.82, 2.24) is 5.32 Å². The van der Waals surface area contributed by atoms with E-state index >= 15 is 0 Å². The Labute approximate surface area is 124 Å². The molecule has 5 heteroatoms. The summed E-state index contributed by atoms with van der Waals surface area (Å²) in [5, 5.41) is 3.09. The van der Waals surface area contributed by atoms with Crippen molar-refractivity contribution in [3.8, 4) is 5.75 Å². The van der Waals surface area contributed by atoms with Gasteiger partial charge in [-0.1, -0.05) is 0 Å². The van der Waals surface area contributed by atoms with Gasteiger partial charge in [0.1, 0.15) is 23.2 Å². The zero-order valence-corrected chi connectivity index (χ0v) is 12.7. The lowest BCUT2D eigenvalue weighted by atomic mass is 9.80. The number of likely N-dealkylation sites (N-methyl/N-ethyl adjacent to an activating group) is 1. The van der Waals surface area contributed by atoms with Gasteiger partial charge in [-0.15, -0.1) is 0 Å². The van der Waals surface area contributed by atoms with E-state index in [4.69, 9.17) is 9.47 Å². The van der Waals surface area contributed by atoms with E-state index in [-0.39, 0.29) is 17.9 Å². The second-order valence-corrected chi connectivity index (χ2v) is 5.57. The molecule has 0 radical (unpaired) electrons. The van der Waals surface area contributed by atoms with Crippen LogP contribution >= 0.6 is 0 Å². The van der Waals surface area contributed by atoms with Crippen LogP contribution in [0.1, 0.15) is 31.2 Å². The fourth-order valence-corrected chi connectivity index (χ4v) is 2.92. The van der Waals surface area contributed by atoms with Gasteiger partial charge in [-0.2, -0.15) is 0 Å². The highest BCUT2D eigenvalue weighted by Crippen LogP contribution is 2.32. The van der Waals surface area contributed by atoms with Gasteiger partial charge in [0.2, 0.25) is 0 Å². The number of rotatable bonds is 4. The first-order chi connectivity index (χ1) is 10.0. The van der Waals surface area contributed by atoms with Gasteiger partial charge in [-0.3, -0.25) is 4.79 Å². The highest BCUT2D eigenvalue weighted by molar-refractivity contribution is 5.81. The van der Waals surface area contributed by atoms with E-state index in [9.17, 15) is 9.18 Å². The predicted octanol–water partition coefficient (Wildman–Crippen LogP) is 2.59. The topological polar surface area (TPSA) is 47.6 Å². The van der Waals surface area contributed by atoms with E-state index in [1.54, 1.807) is 26.1 Å². The predicted molar refractivity (Wildman–Crippen MR) is 77.8 cm³/mol. The van der Waals surface area contributed by atoms with Crippen LogP contribution in [0, 0.1) is 12.7 Å². The summed E-state index contributed by atoms with van der Waals surface area (Å²) in [6.45, 7) is 1.70. The van der Waals surface area contributed by atoms with E-state index in [2.05, 4.69) is 5.32 Å². The maximum absolute atomic E-state index is 13.3. The van der Waals surface area contributed by atoms with E-state index in [1.807, 2.05) is 0 Å². The largest absolute Gasteiger partial charge is 0.490 e. The number of hydrogen-bond donors (Lipinski definition) is 1. The number of esters is 1. The molecule has 0 amide bonds. The number of carbonyl (C=O) groups excluding carboxylic acids is 1. The Kier molecular flexibility index (Phi) is 4.83.